The number of tetrazole rings is 1. The lowest BCUT2D eigenvalue weighted by atomic mass is 10.2. The van der Waals surface area contributed by atoms with Crippen LogP contribution in [0.25, 0.3) is 11.4 Å². The van der Waals surface area contributed by atoms with Gasteiger partial charge >= 0.3 is 0 Å². The third-order valence-electron chi connectivity index (χ3n) is 4.13. The molecule has 0 N–H and O–H groups in total. The molecular formula is C18H19N9O. The summed E-state index contributed by atoms with van der Waals surface area (Å²) in [4.78, 5) is 15.6. The average molecular weight is 377 g/mol. The van der Waals surface area contributed by atoms with Gasteiger partial charge in [-0.05, 0) is 17.3 Å². The summed E-state index contributed by atoms with van der Waals surface area (Å²) in [5.74, 6) is 0.361. The van der Waals surface area contributed by atoms with E-state index in [-0.39, 0.29) is 12.6 Å². The third kappa shape index (κ3) is 3.80. The predicted octanol–water partition coefficient (Wildman–Crippen LogP) is 1.05. The fraction of sp³-hybridized carbons (Fsp3) is 0.222. The largest absolute Gasteiger partial charge is 0.334 e. The summed E-state index contributed by atoms with van der Waals surface area (Å²) in [5, 5.41) is 21.1. The minimum absolute atomic E-state index is 0.180. The highest BCUT2D eigenvalue weighted by Gasteiger charge is 2.16. The lowest BCUT2D eigenvalue weighted by molar-refractivity contribution is 0.0776. The topological polar surface area (TPSA) is 99.6 Å². The van der Waals surface area contributed by atoms with Crippen LogP contribution in [0.3, 0.4) is 0 Å². The number of amides is 1. The highest BCUT2D eigenvalue weighted by atomic mass is 16.2. The van der Waals surface area contributed by atoms with E-state index in [0.29, 0.717) is 18.1 Å². The maximum absolute atomic E-state index is 12.6. The zero-order valence-electron chi connectivity index (χ0n) is 15.5. The molecule has 10 nitrogen and oxygen atoms in total. The van der Waals surface area contributed by atoms with Crippen molar-refractivity contribution in [2.24, 2.45) is 7.05 Å². The molecule has 0 aliphatic rings. The van der Waals surface area contributed by atoms with Crippen LogP contribution in [-0.4, -0.2) is 57.6 Å². The zero-order valence-corrected chi connectivity index (χ0v) is 15.5. The molecule has 0 saturated heterocycles. The number of aromatic nitrogens is 8. The highest BCUT2D eigenvalue weighted by Crippen LogP contribution is 2.12. The smallest absolute Gasteiger partial charge is 0.274 e. The normalized spacial score (nSPS) is 10.9. The van der Waals surface area contributed by atoms with E-state index in [2.05, 4.69) is 25.6 Å². The number of rotatable bonds is 6. The van der Waals surface area contributed by atoms with E-state index < -0.39 is 0 Å². The third-order valence-corrected chi connectivity index (χ3v) is 4.13. The Bertz CT molecular complexity index is 1080. The Hall–Kier alpha value is -3.82. The fourth-order valence-corrected chi connectivity index (χ4v) is 2.75. The molecule has 3 heterocycles. The summed E-state index contributed by atoms with van der Waals surface area (Å²) in [6.45, 7) is 0.675. The lowest BCUT2D eigenvalue weighted by Crippen LogP contribution is -2.27. The van der Waals surface area contributed by atoms with Gasteiger partial charge in [0.1, 0.15) is 5.69 Å². The minimum atomic E-state index is -0.180. The van der Waals surface area contributed by atoms with Crippen LogP contribution in [0.2, 0.25) is 0 Å². The summed E-state index contributed by atoms with van der Waals surface area (Å²) < 4.78 is 3.30. The van der Waals surface area contributed by atoms with Gasteiger partial charge in [0.25, 0.3) is 5.91 Å². The van der Waals surface area contributed by atoms with E-state index in [1.165, 1.54) is 4.80 Å². The van der Waals surface area contributed by atoms with Gasteiger partial charge in [0.15, 0.2) is 6.67 Å². The second kappa shape index (κ2) is 7.43. The summed E-state index contributed by atoms with van der Waals surface area (Å²) in [6, 6.07) is 13.2. The number of carbonyl (C=O) groups is 1. The van der Waals surface area contributed by atoms with Crippen molar-refractivity contribution in [3.63, 3.8) is 0 Å². The second-order valence-electron chi connectivity index (χ2n) is 6.38. The fourth-order valence-electron chi connectivity index (χ4n) is 2.75. The molecule has 1 aromatic carbocycles. The van der Waals surface area contributed by atoms with Crippen molar-refractivity contribution in [2.45, 2.75) is 13.2 Å². The summed E-state index contributed by atoms with van der Waals surface area (Å²) in [7, 11) is 3.57. The number of carbonyl (C=O) groups excluding carboxylic acids is 1. The molecule has 28 heavy (non-hydrogen) atoms. The van der Waals surface area contributed by atoms with Crippen LogP contribution in [0.5, 0.6) is 0 Å². The van der Waals surface area contributed by atoms with Crippen molar-refractivity contribution in [2.75, 3.05) is 7.05 Å². The van der Waals surface area contributed by atoms with Crippen LogP contribution in [0.15, 0.2) is 54.9 Å². The first-order valence-electron chi connectivity index (χ1n) is 8.69. The Kier molecular flexibility index (Phi) is 4.67. The van der Waals surface area contributed by atoms with Crippen LogP contribution in [-0.2, 0) is 20.3 Å². The Balaban J connectivity index is 1.41. The maximum atomic E-state index is 12.6. The molecule has 0 aliphatic carbocycles. The summed E-state index contributed by atoms with van der Waals surface area (Å²) >= 11 is 0. The molecule has 1 amide bonds. The van der Waals surface area contributed by atoms with Crippen LogP contribution in [0, 0.1) is 0 Å². The molecule has 0 fully saturated rings. The van der Waals surface area contributed by atoms with Crippen molar-refractivity contribution in [3.05, 3.63) is 66.2 Å². The van der Waals surface area contributed by atoms with Gasteiger partial charge in [0, 0.05) is 32.1 Å². The van der Waals surface area contributed by atoms with Gasteiger partial charge in [-0.25, -0.2) is 4.68 Å². The van der Waals surface area contributed by atoms with E-state index in [1.54, 1.807) is 33.6 Å². The molecule has 10 heteroatoms. The molecule has 0 bridgehead atoms. The lowest BCUT2D eigenvalue weighted by Gasteiger charge is -2.14. The number of aryl methyl sites for hydroxylation is 1. The molecule has 0 radical (unpaired) electrons. The van der Waals surface area contributed by atoms with Crippen LogP contribution in [0.1, 0.15) is 16.2 Å². The average Bonchev–Trinajstić information content (AvgIpc) is 3.44. The number of benzene rings is 1. The highest BCUT2D eigenvalue weighted by molar-refractivity contribution is 5.91. The quantitative estimate of drug-likeness (QED) is 0.498. The van der Waals surface area contributed by atoms with E-state index in [4.69, 9.17) is 0 Å². The van der Waals surface area contributed by atoms with E-state index in [9.17, 15) is 4.79 Å². The first kappa shape index (κ1) is 17.6. The zero-order chi connectivity index (χ0) is 19.5. The Morgan fingerprint density at radius 3 is 2.61 bits per heavy atom. The van der Waals surface area contributed by atoms with E-state index in [1.807, 2.05) is 49.6 Å². The SMILES string of the molecule is CN(Cc1ccn(C)n1)C(=O)c1ccn(Cn2nnc(-c3ccccc3)n2)n1. The molecule has 4 aromatic rings. The molecule has 0 spiro atoms. The van der Waals surface area contributed by atoms with Crippen molar-refractivity contribution in [1.29, 1.82) is 0 Å². The maximum Gasteiger partial charge on any atom is 0.274 e. The van der Waals surface area contributed by atoms with Gasteiger partial charge in [-0.1, -0.05) is 30.3 Å². The first-order chi connectivity index (χ1) is 13.6. The first-order valence-corrected chi connectivity index (χ1v) is 8.69. The molecule has 4 rings (SSSR count). The Morgan fingerprint density at radius 1 is 1.04 bits per heavy atom. The molecule has 0 saturated carbocycles. The van der Waals surface area contributed by atoms with Gasteiger partial charge in [-0.15, -0.1) is 15.0 Å². The van der Waals surface area contributed by atoms with Crippen molar-refractivity contribution in [3.8, 4) is 11.4 Å². The van der Waals surface area contributed by atoms with Crippen molar-refractivity contribution in [1.82, 2.24) is 44.7 Å². The van der Waals surface area contributed by atoms with Crippen LogP contribution >= 0.6 is 0 Å². The summed E-state index contributed by atoms with van der Waals surface area (Å²) in [6.07, 6.45) is 3.56. The van der Waals surface area contributed by atoms with Gasteiger partial charge in [-0.2, -0.15) is 10.2 Å². The molecule has 142 valence electrons. The standard InChI is InChI=1S/C18H19N9O/c1-24(12-15-8-10-25(2)20-15)18(28)16-9-11-26(21-16)13-27-22-17(19-23-27)14-6-4-3-5-7-14/h3-11H,12-13H2,1-2H3. The monoisotopic (exact) mass is 377 g/mol. The van der Waals surface area contributed by atoms with Crippen molar-refractivity contribution >= 4 is 5.91 Å². The molecule has 0 atom stereocenters. The second-order valence-corrected chi connectivity index (χ2v) is 6.38. The van der Waals surface area contributed by atoms with Gasteiger partial charge in [-0.3, -0.25) is 9.48 Å². The minimum Gasteiger partial charge on any atom is -0.334 e. The van der Waals surface area contributed by atoms with Crippen LogP contribution < -0.4 is 0 Å². The predicted molar refractivity (Wildman–Crippen MR) is 99.9 cm³/mol. The molecule has 3 aromatic heterocycles. The summed E-state index contributed by atoms with van der Waals surface area (Å²) in [5.41, 5.74) is 2.06. The van der Waals surface area contributed by atoms with Gasteiger partial charge in [0.2, 0.25) is 5.82 Å². The van der Waals surface area contributed by atoms with Gasteiger partial charge < -0.3 is 4.90 Å². The van der Waals surface area contributed by atoms with Crippen molar-refractivity contribution < 1.29 is 4.79 Å². The van der Waals surface area contributed by atoms with E-state index in [0.717, 1.165) is 11.3 Å². The van der Waals surface area contributed by atoms with E-state index >= 15 is 0 Å². The number of nitrogens with zero attached hydrogens (tertiary/aromatic N) is 9. The molecule has 0 aliphatic heterocycles. The number of hydrogen-bond acceptors (Lipinski definition) is 6. The Labute approximate surface area is 161 Å². The number of hydrogen-bond donors (Lipinski definition) is 0. The van der Waals surface area contributed by atoms with Gasteiger partial charge in [0.05, 0.1) is 12.2 Å². The van der Waals surface area contributed by atoms with Crippen LogP contribution in [0.4, 0.5) is 0 Å². The molecular weight excluding hydrogens is 358 g/mol. The molecule has 0 unspecified atom stereocenters. The Morgan fingerprint density at radius 2 is 1.86 bits per heavy atom.